The van der Waals surface area contributed by atoms with Crippen molar-refractivity contribution in [2.75, 3.05) is 6.54 Å². The van der Waals surface area contributed by atoms with E-state index in [9.17, 15) is 0 Å². The lowest BCUT2D eigenvalue weighted by molar-refractivity contribution is 0.594. The van der Waals surface area contributed by atoms with E-state index in [1.54, 1.807) is 0 Å². The van der Waals surface area contributed by atoms with Gasteiger partial charge in [0.25, 0.3) is 0 Å². The highest BCUT2D eigenvalue weighted by atomic mass is 32.1. The minimum Gasteiger partial charge on any atom is -0.312 e. The van der Waals surface area contributed by atoms with Crippen LogP contribution in [-0.2, 0) is 25.9 Å². The Morgan fingerprint density at radius 3 is 3.24 bits per heavy atom. The average molecular weight is 246 g/mol. The molecule has 0 atom stereocenters. The van der Waals surface area contributed by atoms with Gasteiger partial charge in [0.1, 0.15) is 5.69 Å². The molecule has 2 aromatic rings. The Balaban J connectivity index is 1.98. The van der Waals surface area contributed by atoms with E-state index >= 15 is 0 Å². The molecule has 2 aliphatic rings. The number of fused-ring (bicyclic) bond motifs is 5. The molecule has 0 amide bonds. The first kappa shape index (κ1) is 9.79. The van der Waals surface area contributed by atoms with Crippen LogP contribution in [0.5, 0.6) is 0 Å². The summed E-state index contributed by atoms with van der Waals surface area (Å²) in [6.45, 7) is 5.10. The molecule has 2 aromatic heterocycles. The molecule has 0 aromatic carbocycles. The molecule has 0 aliphatic carbocycles. The number of hydrogen-bond acceptors (Lipinski definition) is 4. The number of aromatic nitrogens is 3. The summed E-state index contributed by atoms with van der Waals surface area (Å²) < 4.78 is 2.17. The zero-order chi connectivity index (χ0) is 11.4. The van der Waals surface area contributed by atoms with Gasteiger partial charge in [0, 0.05) is 42.9 Å². The van der Waals surface area contributed by atoms with Crippen molar-refractivity contribution >= 4 is 11.3 Å². The van der Waals surface area contributed by atoms with Crippen LogP contribution in [0.25, 0.3) is 11.4 Å². The lowest BCUT2D eigenvalue weighted by Crippen LogP contribution is -2.23. The molecule has 5 heteroatoms. The summed E-state index contributed by atoms with van der Waals surface area (Å²) in [4.78, 5) is 6.14. The van der Waals surface area contributed by atoms with Crippen molar-refractivity contribution < 1.29 is 0 Å². The van der Waals surface area contributed by atoms with Crippen LogP contribution in [0, 0.1) is 6.92 Å². The topological polar surface area (TPSA) is 42.7 Å². The third-order valence-corrected chi connectivity index (χ3v) is 4.58. The molecule has 0 spiro atoms. The molecule has 88 valence electrons. The normalized spacial score (nSPS) is 17.5. The summed E-state index contributed by atoms with van der Waals surface area (Å²) in [6.07, 6.45) is 2.13. The first-order valence-corrected chi connectivity index (χ1v) is 6.90. The first-order chi connectivity index (χ1) is 8.33. The second-order valence-corrected chi connectivity index (χ2v) is 5.97. The third-order valence-electron chi connectivity index (χ3n) is 3.55. The average Bonchev–Trinajstić information content (AvgIpc) is 2.87. The fraction of sp³-hybridized carbons (Fsp3) is 0.500. The zero-order valence-electron chi connectivity index (χ0n) is 9.79. The number of nitrogens with zero attached hydrogens (tertiary/aromatic N) is 3. The molecule has 17 heavy (non-hydrogen) atoms. The molecule has 0 saturated carbocycles. The first-order valence-electron chi connectivity index (χ1n) is 6.09. The van der Waals surface area contributed by atoms with Crippen molar-refractivity contribution in [2.45, 2.75) is 32.9 Å². The van der Waals surface area contributed by atoms with Crippen LogP contribution >= 0.6 is 11.3 Å². The van der Waals surface area contributed by atoms with Crippen molar-refractivity contribution in [3.63, 3.8) is 0 Å². The minimum atomic E-state index is 0.945. The van der Waals surface area contributed by atoms with Gasteiger partial charge >= 0.3 is 0 Å². The summed E-state index contributed by atoms with van der Waals surface area (Å²) in [5.74, 6) is 0. The fourth-order valence-electron chi connectivity index (χ4n) is 2.81. The van der Waals surface area contributed by atoms with E-state index in [0.717, 1.165) is 32.5 Å². The Kier molecular flexibility index (Phi) is 1.96. The van der Waals surface area contributed by atoms with Gasteiger partial charge in [0.15, 0.2) is 0 Å². The molecule has 4 nitrogen and oxygen atoms in total. The van der Waals surface area contributed by atoms with Crippen LogP contribution in [-0.4, -0.2) is 21.3 Å². The Morgan fingerprint density at radius 1 is 1.35 bits per heavy atom. The predicted molar refractivity (Wildman–Crippen MR) is 67.2 cm³/mol. The van der Waals surface area contributed by atoms with Gasteiger partial charge in [0.05, 0.1) is 16.4 Å². The van der Waals surface area contributed by atoms with E-state index in [0.29, 0.717) is 0 Å². The number of rotatable bonds is 0. The molecule has 0 radical (unpaired) electrons. The molecule has 0 unspecified atom stereocenters. The summed E-state index contributed by atoms with van der Waals surface area (Å²) in [7, 11) is 0. The second-order valence-electron chi connectivity index (χ2n) is 4.68. The number of hydrogen-bond donors (Lipinski definition) is 1. The van der Waals surface area contributed by atoms with E-state index in [4.69, 9.17) is 10.1 Å². The van der Waals surface area contributed by atoms with Crippen molar-refractivity contribution in [3.8, 4) is 11.4 Å². The predicted octanol–water partition coefficient (Wildman–Crippen LogP) is 1.52. The summed E-state index contributed by atoms with van der Waals surface area (Å²) in [6, 6.07) is 0. The quantitative estimate of drug-likeness (QED) is 0.766. The van der Waals surface area contributed by atoms with Gasteiger partial charge in [0.2, 0.25) is 0 Å². The highest BCUT2D eigenvalue weighted by molar-refractivity contribution is 7.12. The van der Waals surface area contributed by atoms with Crippen LogP contribution in [0.4, 0.5) is 0 Å². The van der Waals surface area contributed by atoms with Crippen LogP contribution in [0.15, 0.2) is 0 Å². The molecule has 1 N–H and O–H groups in total. The van der Waals surface area contributed by atoms with Gasteiger partial charge in [-0.2, -0.15) is 5.10 Å². The third kappa shape index (κ3) is 1.32. The van der Waals surface area contributed by atoms with Crippen molar-refractivity contribution in [3.05, 3.63) is 21.1 Å². The monoisotopic (exact) mass is 246 g/mol. The van der Waals surface area contributed by atoms with Crippen LogP contribution in [0.1, 0.15) is 21.1 Å². The molecule has 4 heterocycles. The van der Waals surface area contributed by atoms with Crippen LogP contribution < -0.4 is 5.32 Å². The van der Waals surface area contributed by atoms with Crippen molar-refractivity contribution in [1.29, 1.82) is 0 Å². The Bertz CT molecular complexity index is 596. The molecule has 0 bridgehead atoms. The van der Waals surface area contributed by atoms with E-state index in [1.807, 2.05) is 11.3 Å². The lowest BCUT2D eigenvalue weighted by atomic mass is 10.0. The molecule has 0 saturated heterocycles. The van der Waals surface area contributed by atoms with Crippen LogP contribution in [0.2, 0.25) is 0 Å². The maximum Gasteiger partial charge on any atom is 0.103 e. The maximum absolute atomic E-state index is 4.74. The van der Waals surface area contributed by atoms with Crippen molar-refractivity contribution in [2.24, 2.45) is 0 Å². The molecule has 2 aliphatic heterocycles. The number of nitrogens with one attached hydrogen (secondary N) is 1. The van der Waals surface area contributed by atoms with Gasteiger partial charge in [-0.05, 0) is 6.92 Å². The van der Waals surface area contributed by atoms with E-state index in [2.05, 4.69) is 16.9 Å². The summed E-state index contributed by atoms with van der Waals surface area (Å²) in [5, 5.41) is 9.35. The molecule has 4 rings (SSSR count). The minimum absolute atomic E-state index is 0.945. The second kappa shape index (κ2) is 3.40. The number of aryl methyl sites for hydroxylation is 3. The molecule has 0 fully saturated rings. The molecular weight excluding hydrogens is 232 g/mol. The van der Waals surface area contributed by atoms with Gasteiger partial charge in [-0.1, -0.05) is 0 Å². The highest BCUT2D eigenvalue weighted by Crippen LogP contribution is 2.36. The standard InChI is InChI=1S/C12H14N4S/c1-7-14-11-10(17-7)3-5-16-12(11)8-6-13-4-2-9(8)15-16/h13H,2-6H2,1H3. The van der Waals surface area contributed by atoms with Crippen molar-refractivity contribution in [1.82, 2.24) is 20.1 Å². The van der Waals surface area contributed by atoms with Gasteiger partial charge < -0.3 is 5.32 Å². The Labute approximate surface area is 104 Å². The number of thiazole rings is 1. The van der Waals surface area contributed by atoms with Gasteiger partial charge in [-0.15, -0.1) is 11.3 Å². The van der Waals surface area contributed by atoms with E-state index in [-0.39, 0.29) is 0 Å². The SMILES string of the molecule is Cc1nc2c(s1)CCn1nc3c(c1-2)CNCC3. The van der Waals surface area contributed by atoms with Gasteiger partial charge in [-0.3, -0.25) is 4.68 Å². The Morgan fingerprint density at radius 2 is 2.29 bits per heavy atom. The maximum atomic E-state index is 4.74. The lowest BCUT2D eigenvalue weighted by Gasteiger charge is -2.15. The summed E-state index contributed by atoms with van der Waals surface area (Å²) >= 11 is 1.84. The molecular formula is C12H14N4S. The zero-order valence-corrected chi connectivity index (χ0v) is 10.6. The highest BCUT2D eigenvalue weighted by Gasteiger charge is 2.28. The smallest absolute Gasteiger partial charge is 0.103 e. The summed E-state index contributed by atoms with van der Waals surface area (Å²) in [5.41, 5.74) is 5.12. The fourth-order valence-corrected chi connectivity index (χ4v) is 3.74. The van der Waals surface area contributed by atoms with E-state index < -0.39 is 0 Å². The Hall–Kier alpha value is -1.20. The van der Waals surface area contributed by atoms with E-state index in [1.165, 1.54) is 32.5 Å². The van der Waals surface area contributed by atoms with Crippen LogP contribution in [0.3, 0.4) is 0 Å². The largest absolute Gasteiger partial charge is 0.312 e. The van der Waals surface area contributed by atoms with Gasteiger partial charge in [-0.25, -0.2) is 4.98 Å².